The van der Waals surface area contributed by atoms with E-state index in [9.17, 15) is 4.79 Å². The maximum atomic E-state index is 11.4. The van der Waals surface area contributed by atoms with E-state index in [0.29, 0.717) is 19.6 Å². The summed E-state index contributed by atoms with van der Waals surface area (Å²) in [7, 11) is 1.88. The number of hydrogen-bond donors (Lipinski definition) is 1. The van der Waals surface area contributed by atoms with Crippen LogP contribution in [0.1, 0.15) is 27.2 Å². The molecule has 0 heterocycles. The highest BCUT2D eigenvalue weighted by Gasteiger charge is 2.20. The zero-order chi connectivity index (χ0) is 10.3. The van der Waals surface area contributed by atoms with Gasteiger partial charge in [0.25, 0.3) is 0 Å². The Hall–Kier alpha value is -0.410. The summed E-state index contributed by atoms with van der Waals surface area (Å²) in [6.07, 6.45) is 0.521. The minimum atomic E-state index is -0.230. The fourth-order valence-corrected chi connectivity index (χ4v) is 0.816. The standard InChI is InChI=1S/C10H21NO2/c1-10(2,3)9(12)5-7-13-8-6-11-4/h11H,5-8H2,1-4H3. The fraction of sp³-hybridized carbons (Fsp3) is 0.900. The first-order valence-electron chi connectivity index (χ1n) is 4.74. The molecule has 0 aromatic rings. The van der Waals surface area contributed by atoms with Crippen molar-refractivity contribution < 1.29 is 9.53 Å². The largest absolute Gasteiger partial charge is 0.380 e. The van der Waals surface area contributed by atoms with Crippen LogP contribution in [0.15, 0.2) is 0 Å². The third-order valence-electron chi connectivity index (χ3n) is 1.81. The molecule has 0 amide bonds. The van der Waals surface area contributed by atoms with E-state index in [0.717, 1.165) is 6.54 Å². The zero-order valence-corrected chi connectivity index (χ0v) is 9.14. The molecule has 0 saturated carbocycles. The minimum Gasteiger partial charge on any atom is -0.380 e. The van der Waals surface area contributed by atoms with Crippen molar-refractivity contribution in [3.8, 4) is 0 Å². The Kier molecular flexibility index (Phi) is 5.91. The number of hydrogen-bond acceptors (Lipinski definition) is 3. The number of ether oxygens (including phenoxy) is 1. The van der Waals surface area contributed by atoms with E-state index in [1.807, 2.05) is 27.8 Å². The topological polar surface area (TPSA) is 38.3 Å². The summed E-state index contributed by atoms with van der Waals surface area (Å²) < 4.78 is 5.26. The summed E-state index contributed by atoms with van der Waals surface area (Å²) in [5.74, 6) is 0.261. The van der Waals surface area contributed by atoms with E-state index >= 15 is 0 Å². The van der Waals surface area contributed by atoms with Crippen molar-refractivity contribution >= 4 is 5.78 Å². The summed E-state index contributed by atoms with van der Waals surface area (Å²) >= 11 is 0. The lowest BCUT2D eigenvalue weighted by molar-refractivity contribution is -0.127. The van der Waals surface area contributed by atoms with Gasteiger partial charge in [-0.2, -0.15) is 0 Å². The van der Waals surface area contributed by atoms with Gasteiger partial charge in [-0.25, -0.2) is 0 Å². The van der Waals surface area contributed by atoms with E-state index < -0.39 is 0 Å². The Morgan fingerprint density at radius 1 is 1.31 bits per heavy atom. The predicted molar refractivity (Wildman–Crippen MR) is 53.8 cm³/mol. The maximum Gasteiger partial charge on any atom is 0.140 e. The van der Waals surface area contributed by atoms with Crippen LogP contribution in [-0.4, -0.2) is 32.6 Å². The number of ketones is 1. The highest BCUT2D eigenvalue weighted by atomic mass is 16.5. The first-order valence-corrected chi connectivity index (χ1v) is 4.74. The Labute approximate surface area is 80.8 Å². The molecule has 0 aromatic carbocycles. The molecule has 0 rings (SSSR count). The van der Waals surface area contributed by atoms with Crippen molar-refractivity contribution in [2.75, 3.05) is 26.8 Å². The summed E-state index contributed by atoms with van der Waals surface area (Å²) in [6.45, 7) is 7.85. The SMILES string of the molecule is CNCCOCCC(=O)C(C)(C)C. The number of rotatable bonds is 6. The molecule has 3 nitrogen and oxygen atoms in total. The van der Waals surface area contributed by atoms with Crippen LogP contribution < -0.4 is 5.32 Å². The summed E-state index contributed by atoms with van der Waals surface area (Å²) in [5.41, 5.74) is -0.230. The molecule has 0 spiro atoms. The molecule has 13 heavy (non-hydrogen) atoms. The van der Waals surface area contributed by atoms with E-state index in [2.05, 4.69) is 5.32 Å². The van der Waals surface area contributed by atoms with Gasteiger partial charge in [0.2, 0.25) is 0 Å². The quantitative estimate of drug-likeness (QED) is 0.636. The van der Waals surface area contributed by atoms with Crippen LogP contribution in [0.4, 0.5) is 0 Å². The Morgan fingerprint density at radius 2 is 1.92 bits per heavy atom. The predicted octanol–water partition coefficient (Wildman–Crippen LogP) is 1.23. The normalized spacial score (nSPS) is 11.7. The van der Waals surface area contributed by atoms with Gasteiger partial charge >= 0.3 is 0 Å². The molecule has 0 saturated heterocycles. The van der Waals surface area contributed by atoms with E-state index in [1.54, 1.807) is 0 Å². The van der Waals surface area contributed by atoms with Crippen molar-refractivity contribution in [2.24, 2.45) is 5.41 Å². The highest BCUT2D eigenvalue weighted by Crippen LogP contribution is 2.16. The van der Waals surface area contributed by atoms with Crippen molar-refractivity contribution in [3.63, 3.8) is 0 Å². The number of carbonyl (C=O) groups excluding carboxylic acids is 1. The maximum absolute atomic E-state index is 11.4. The second-order valence-corrected chi connectivity index (χ2v) is 4.14. The molecule has 0 fully saturated rings. The van der Waals surface area contributed by atoms with Crippen LogP contribution in [0, 0.1) is 5.41 Å². The van der Waals surface area contributed by atoms with Crippen molar-refractivity contribution in [1.29, 1.82) is 0 Å². The minimum absolute atomic E-state index is 0.230. The van der Waals surface area contributed by atoms with Crippen molar-refractivity contribution in [1.82, 2.24) is 5.32 Å². The number of Topliss-reactive ketones (excluding diaryl/α,β-unsaturated/α-hetero) is 1. The molecule has 0 atom stereocenters. The Balaban J connectivity index is 3.38. The van der Waals surface area contributed by atoms with Crippen LogP contribution in [0.25, 0.3) is 0 Å². The van der Waals surface area contributed by atoms with Gasteiger partial charge < -0.3 is 10.1 Å². The van der Waals surface area contributed by atoms with Crippen molar-refractivity contribution in [2.45, 2.75) is 27.2 Å². The van der Waals surface area contributed by atoms with E-state index in [1.165, 1.54) is 0 Å². The monoisotopic (exact) mass is 187 g/mol. The average molecular weight is 187 g/mol. The second-order valence-electron chi connectivity index (χ2n) is 4.14. The van der Waals surface area contributed by atoms with Gasteiger partial charge in [0.05, 0.1) is 13.2 Å². The lowest BCUT2D eigenvalue weighted by Gasteiger charge is -2.16. The average Bonchev–Trinajstić information content (AvgIpc) is 2.02. The highest BCUT2D eigenvalue weighted by molar-refractivity contribution is 5.83. The Bertz CT molecular complexity index is 149. The van der Waals surface area contributed by atoms with Gasteiger partial charge in [-0.15, -0.1) is 0 Å². The zero-order valence-electron chi connectivity index (χ0n) is 9.14. The molecule has 0 bridgehead atoms. The molecular formula is C10H21NO2. The van der Waals surface area contributed by atoms with Gasteiger partial charge in [-0.3, -0.25) is 4.79 Å². The molecule has 0 unspecified atom stereocenters. The van der Waals surface area contributed by atoms with Crippen LogP contribution in [0.3, 0.4) is 0 Å². The van der Waals surface area contributed by atoms with Crippen LogP contribution in [0.2, 0.25) is 0 Å². The molecule has 0 aliphatic heterocycles. The van der Waals surface area contributed by atoms with E-state index in [-0.39, 0.29) is 11.2 Å². The molecule has 1 N–H and O–H groups in total. The van der Waals surface area contributed by atoms with Crippen LogP contribution in [-0.2, 0) is 9.53 Å². The molecule has 0 radical (unpaired) electrons. The summed E-state index contributed by atoms with van der Waals surface area (Å²) in [6, 6.07) is 0. The third kappa shape index (κ3) is 6.72. The molecule has 0 aliphatic carbocycles. The van der Waals surface area contributed by atoms with Gasteiger partial charge in [0.1, 0.15) is 5.78 Å². The molecule has 78 valence electrons. The number of likely N-dealkylation sites (N-methyl/N-ethyl adjacent to an activating group) is 1. The van der Waals surface area contributed by atoms with Gasteiger partial charge in [0.15, 0.2) is 0 Å². The lowest BCUT2D eigenvalue weighted by atomic mass is 9.89. The molecule has 3 heteroatoms. The van der Waals surface area contributed by atoms with E-state index in [4.69, 9.17) is 4.74 Å². The van der Waals surface area contributed by atoms with Gasteiger partial charge in [-0.1, -0.05) is 20.8 Å². The van der Waals surface area contributed by atoms with Crippen molar-refractivity contribution in [3.05, 3.63) is 0 Å². The summed E-state index contributed by atoms with van der Waals surface area (Å²) in [4.78, 5) is 11.4. The first-order chi connectivity index (χ1) is 5.98. The van der Waals surface area contributed by atoms with Crippen LogP contribution >= 0.6 is 0 Å². The molecular weight excluding hydrogens is 166 g/mol. The first kappa shape index (κ1) is 12.6. The number of nitrogens with one attached hydrogen (secondary N) is 1. The fourth-order valence-electron chi connectivity index (χ4n) is 0.816. The second kappa shape index (κ2) is 6.11. The third-order valence-corrected chi connectivity index (χ3v) is 1.81. The van der Waals surface area contributed by atoms with Crippen LogP contribution in [0.5, 0.6) is 0 Å². The van der Waals surface area contributed by atoms with Gasteiger partial charge in [0, 0.05) is 18.4 Å². The smallest absolute Gasteiger partial charge is 0.140 e. The van der Waals surface area contributed by atoms with Gasteiger partial charge in [-0.05, 0) is 7.05 Å². The Morgan fingerprint density at radius 3 is 2.38 bits per heavy atom. The lowest BCUT2D eigenvalue weighted by Crippen LogP contribution is -2.22. The summed E-state index contributed by atoms with van der Waals surface area (Å²) in [5, 5.41) is 2.98. The molecule has 0 aliphatic rings. The number of carbonyl (C=O) groups is 1. The molecule has 0 aromatic heterocycles.